The summed E-state index contributed by atoms with van der Waals surface area (Å²) in [5.41, 5.74) is 7.28. The van der Waals surface area contributed by atoms with Crippen molar-refractivity contribution >= 4 is 36.0 Å². The van der Waals surface area contributed by atoms with Crippen LogP contribution < -0.4 is 15.4 Å². The van der Waals surface area contributed by atoms with Crippen molar-refractivity contribution in [2.75, 3.05) is 10.6 Å². The van der Waals surface area contributed by atoms with Crippen molar-refractivity contribution in [1.82, 2.24) is 0 Å². The third kappa shape index (κ3) is 12.5. The smallest absolute Gasteiger partial charge is 0.406 e. The second-order valence-corrected chi connectivity index (χ2v) is 13.9. The molecule has 8 rings (SSSR count). The van der Waals surface area contributed by atoms with Crippen molar-refractivity contribution in [1.29, 1.82) is 0 Å². The van der Waals surface area contributed by atoms with Crippen molar-refractivity contribution in [2.45, 2.75) is 69.6 Å². The molecule has 4 unspecified atom stereocenters. The standard InChI is InChI=1S/C22H20F3NO2.C21H20FNO.4CO2/c1-14-15(2)21(13-12-19(14)28-21)20(26-17-6-4-3-5-7-17)16-8-10-18(11-9-16)27-22(23,24)25;1-14-15(2)21(13-12-19(14)24-21)20(16-8-10-17(22)11-9-16)23-18-6-4-3-5-7-18;4*2-1-3/h3-13,19-20,26H,1-2H3;3-13,19-20,23H,1-2H3;;;;/t2*19-,20?,21?;;;;/m00..../s1. The van der Waals surface area contributed by atoms with Gasteiger partial charge in [0, 0.05) is 11.4 Å². The number of ether oxygens (including phenoxy) is 3. The van der Waals surface area contributed by atoms with Gasteiger partial charge in [0.25, 0.3) is 0 Å². The summed E-state index contributed by atoms with van der Waals surface area (Å²) < 4.78 is 67.5. The lowest BCUT2D eigenvalue weighted by Crippen LogP contribution is -2.39. The minimum atomic E-state index is -4.71. The van der Waals surface area contributed by atoms with E-state index in [-0.39, 0.29) is 60.5 Å². The Morgan fingerprint density at radius 2 is 0.875 bits per heavy atom. The van der Waals surface area contributed by atoms with Gasteiger partial charge in [0.05, 0.1) is 24.3 Å². The first kappa shape index (κ1) is 50.8. The van der Waals surface area contributed by atoms with E-state index < -0.39 is 17.6 Å². The Bertz CT molecular complexity index is 2380. The molecule has 0 fully saturated rings. The molecule has 17 heteroatoms. The first-order valence-corrected chi connectivity index (χ1v) is 18.9. The second-order valence-electron chi connectivity index (χ2n) is 13.9. The highest BCUT2D eigenvalue weighted by Gasteiger charge is 2.52. The van der Waals surface area contributed by atoms with Crippen molar-refractivity contribution < 1.29 is 70.1 Å². The van der Waals surface area contributed by atoms with E-state index in [1.54, 1.807) is 12.1 Å². The fraction of sp³-hybridized carbons (Fsp3) is 0.234. The van der Waals surface area contributed by atoms with Crippen molar-refractivity contribution in [3.8, 4) is 5.75 Å². The van der Waals surface area contributed by atoms with Gasteiger partial charge in [-0.1, -0.05) is 72.8 Å². The van der Waals surface area contributed by atoms with Crippen LogP contribution in [0.5, 0.6) is 5.75 Å². The molecule has 4 heterocycles. The molecule has 0 saturated carbocycles. The summed E-state index contributed by atoms with van der Waals surface area (Å²) in [4.78, 5) is 65.0. The summed E-state index contributed by atoms with van der Waals surface area (Å²) in [5.74, 6) is -0.479. The Hall–Kier alpha value is -7.60. The SMILES string of the molecule is CC1=C(C)C2(C(Nc3ccccc3)c3ccc(F)cc3)C=C[C@@H]1O2.CC1=C(C)C2(C(Nc3ccccc3)c3ccc(OC(F)(F)F)cc3)C=C[C@@H]1O2.O=C=O.O=C=O.O=C=O.O=C=O. The molecule has 332 valence electrons. The quantitative estimate of drug-likeness (QED) is 0.120. The van der Waals surface area contributed by atoms with E-state index in [2.05, 4.69) is 41.4 Å². The molecular weight excluding hydrogens is 845 g/mol. The highest BCUT2D eigenvalue weighted by molar-refractivity contribution is 5.55. The highest BCUT2D eigenvalue weighted by Crippen LogP contribution is 2.52. The van der Waals surface area contributed by atoms with Gasteiger partial charge >= 0.3 is 31.0 Å². The first-order chi connectivity index (χ1) is 30.5. The maximum absolute atomic E-state index is 13.4. The van der Waals surface area contributed by atoms with Crippen LogP contribution in [0.3, 0.4) is 0 Å². The topological polar surface area (TPSA) is 188 Å². The molecule has 2 N–H and O–H groups in total. The molecule has 13 nitrogen and oxygen atoms in total. The van der Waals surface area contributed by atoms with Gasteiger partial charge in [0.2, 0.25) is 0 Å². The normalized spacial score (nSPS) is 21.0. The van der Waals surface area contributed by atoms with Crippen LogP contribution in [0.1, 0.15) is 50.9 Å². The molecule has 0 aromatic heterocycles. The van der Waals surface area contributed by atoms with Gasteiger partial charge in [-0.15, -0.1) is 13.2 Å². The van der Waals surface area contributed by atoms with E-state index in [4.69, 9.17) is 47.8 Å². The van der Waals surface area contributed by atoms with Crippen molar-refractivity contribution in [3.63, 3.8) is 0 Å². The molecule has 4 aliphatic rings. The third-order valence-corrected chi connectivity index (χ3v) is 10.6. The average molecular weight is 885 g/mol. The number of rotatable bonds is 9. The lowest BCUT2D eigenvalue weighted by atomic mass is 9.80. The van der Waals surface area contributed by atoms with Gasteiger partial charge in [-0.2, -0.15) is 38.4 Å². The van der Waals surface area contributed by atoms with E-state index in [0.29, 0.717) is 0 Å². The number of hydrogen-bond acceptors (Lipinski definition) is 13. The Morgan fingerprint density at radius 1 is 0.547 bits per heavy atom. The van der Waals surface area contributed by atoms with Crippen LogP contribution in [-0.2, 0) is 47.8 Å². The van der Waals surface area contributed by atoms with E-state index in [1.165, 1.54) is 41.0 Å². The van der Waals surface area contributed by atoms with Gasteiger partial charge in [-0.05, 0) is 122 Å². The molecular formula is C47H40F4N2O11. The highest BCUT2D eigenvalue weighted by atomic mass is 19.4. The maximum atomic E-state index is 13.4. The molecule has 4 bridgehead atoms. The Morgan fingerprint density at radius 3 is 1.17 bits per heavy atom. The zero-order valence-electron chi connectivity index (χ0n) is 34.5. The number of alkyl halides is 3. The lowest BCUT2D eigenvalue weighted by Gasteiger charge is -2.36. The largest absolute Gasteiger partial charge is 0.573 e. The molecule has 6 atom stereocenters. The van der Waals surface area contributed by atoms with Gasteiger partial charge in [-0.3, -0.25) is 0 Å². The van der Waals surface area contributed by atoms with Crippen LogP contribution in [0.2, 0.25) is 0 Å². The third-order valence-electron chi connectivity index (χ3n) is 10.6. The number of benzene rings is 4. The zero-order chi connectivity index (χ0) is 47.5. The number of fused-ring (bicyclic) bond motifs is 4. The van der Waals surface area contributed by atoms with Crippen molar-refractivity contribution in [3.05, 3.63) is 173 Å². The molecule has 4 aliphatic heterocycles. The number of halogens is 4. The molecule has 0 aliphatic carbocycles. The number of hydrogen-bond donors (Lipinski definition) is 2. The van der Waals surface area contributed by atoms with E-state index >= 15 is 0 Å². The predicted molar refractivity (Wildman–Crippen MR) is 215 cm³/mol. The minimum Gasteiger partial charge on any atom is -0.406 e. The minimum absolute atomic E-state index is 0.0468. The summed E-state index contributed by atoms with van der Waals surface area (Å²) in [6.45, 7) is 8.34. The summed E-state index contributed by atoms with van der Waals surface area (Å²) in [7, 11) is 0. The maximum Gasteiger partial charge on any atom is 0.573 e. The van der Waals surface area contributed by atoms with Gasteiger partial charge in [0.1, 0.15) is 22.8 Å². The number of anilines is 2. The average Bonchev–Trinajstić information content (AvgIpc) is 4.03. The summed E-state index contributed by atoms with van der Waals surface area (Å²) in [6.07, 6.45) is 4.60. The molecule has 0 amide bonds. The zero-order valence-corrected chi connectivity index (χ0v) is 34.5. The molecule has 0 radical (unpaired) electrons. The predicted octanol–water partition coefficient (Wildman–Crippen LogP) is 8.47. The number of para-hydroxylation sites is 2. The van der Waals surface area contributed by atoms with Crippen LogP contribution in [0.25, 0.3) is 0 Å². The molecule has 0 spiro atoms. The first-order valence-electron chi connectivity index (χ1n) is 18.9. The monoisotopic (exact) mass is 884 g/mol. The lowest BCUT2D eigenvalue weighted by molar-refractivity contribution is -0.274. The number of carbonyl (C=O) groups excluding carboxylic acids is 8. The molecule has 0 saturated heterocycles. The van der Waals surface area contributed by atoms with Crippen LogP contribution in [0.4, 0.5) is 28.9 Å². The summed E-state index contributed by atoms with van der Waals surface area (Å²) in [5, 5.41) is 7.09. The van der Waals surface area contributed by atoms with Gasteiger partial charge in [-0.25, -0.2) is 4.39 Å². The fourth-order valence-corrected chi connectivity index (χ4v) is 7.53. The molecule has 4 aromatic carbocycles. The van der Waals surface area contributed by atoms with E-state index in [9.17, 15) is 17.6 Å². The number of nitrogens with one attached hydrogen (secondary N) is 2. The van der Waals surface area contributed by atoms with Crippen molar-refractivity contribution in [2.24, 2.45) is 0 Å². The van der Waals surface area contributed by atoms with Crippen LogP contribution in [0, 0.1) is 5.82 Å². The fourth-order valence-electron chi connectivity index (χ4n) is 7.53. The van der Waals surface area contributed by atoms with Gasteiger partial charge < -0.3 is 24.8 Å². The molecule has 4 aromatic rings. The van der Waals surface area contributed by atoms with E-state index in [0.717, 1.165) is 28.1 Å². The Balaban J connectivity index is 0.000000275. The summed E-state index contributed by atoms with van der Waals surface area (Å²) in [6, 6.07) is 31.9. The summed E-state index contributed by atoms with van der Waals surface area (Å²) >= 11 is 0. The van der Waals surface area contributed by atoms with Gasteiger partial charge in [0.15, 0.2) is 0 Å². The van der Waals surface area contributed by atoms with Crippen LogP contribution in [-0.4, -0.2) is 54.4 Å². The van der Waals surface area contributed by atoms with E-state index in [1.807, 2.05) is 98.8 Å². The Labute approximate surface area is 364 Å². The van der Waals surface area contributed by atoms with Crippen LogP contribution >= 0.6 is 0 Å². The Kier molecular flexibility index (Phi) is 18.7. The van der Waals surface area contributed by atoms with Crippen LogP contribution in [0.15, 0.2) is 156 Å². The molecule has 64 heavy (non-hydrogen) atoms. The second kappa shape index (κ2) is 23.6.